The third-order valence-electron chi connectivity index (χ3n) is 6.06. The van der Waals surface area contributed by atoms with Gasteiger partial charge in [0.2, 0.25) is 5.78 Å². The van der Waals surface area contributed by atoms with Gasteiger partial charge in [0, 0.05) is 28.2 Å². The van der Waals surface area contributed by atoms with E-state index in [2.05, 4.69) is 0 Å². The van der Waals surface area contributed by atoms with E-state index in [-0.39, 0.29) is 27.7 Å². The lowest BCUT2D eigenvalue weighted by Gasteiger charge is -2.27. The van der Waals surface area contributed by atoms with Crippen LogP contribution in [-0.2, 0) is 4.79 Å². The van der Waals surface area contributed by atoms with E-state index >= 15 is 0 Å². The summed E-state index contributed by atoms with van der Waals surface area (Å²) in [5.74, 6) is -1.79. The molecule has 1 amide bonds. The third-order valence-corrected chi connectivity index (χ3v) is 6.58. The largest absolute Gasteiger partial charge is 0.506 e. The average molecular weight is 540 g/mol. The van der Waals surface area contributed by atoms with Crippen molar-refractivity contribution in [2.75, 3.05) is 19.1 Å². The highest BCUT2D eigenvalue weighted by molar-refractivity contribution is 6.32. The van der Waals surface area contributed by atoms with Gasteiger partial charge in [-0.2, -0.15) is 0 Å². The summed E-state index contributed by atoms with van der Waals surface area (Å²) in [7, 11) is 2.92. The zero-order valence-corrected chi connectivity index (χ0v) is 21.0. The molecule has 0 bridgehead atoms. The highest BCUT2D eigenvalue weighted by Crippen LogP contribution is 2.44. The second-order valence-corrected chi connectivity index (χ2v) is 9.06. The molecule has 1 aliphatic heterocycles. The van der Waals surface area contributed by atoms with Crippen molar-refractivity contribution in [1.29, 1.82) is 0 Å². The Morgan fingerprint density at radius 3 is 2.49 bits per heavy atom. The summed E-state index contributed by atoms with van der Waals surface area (Å²) in [4.78, 5) is 28.5. The molecule has 3 aromatic carbocycles. The van der Waals surface area contributed by atoms with Crippen molar-refractivity contribution in [1.82, 2.24) is 0 Å². The number of rotatable bonds is 6. The number of benzene rings is 3. The minimum atomic E-state index is -1.09. The Kier molecular flexibility index (Phi) is 6.23. The van der Waals surface area contributed by atoms with Crippen LogP contribution in [-0.4, -0.2) is 36.1 Å². The van der Waals surface area contributed by atoms with Crippen molar-refractivity contribution in [3.05, 3.63) is 93.4 Å². The number of halogens is 2. The van der Waals surface area contributed by atoms with Gasteiger partial charge in [0.05, 0.1) is 30.9 Å². The van der Waals surface area contributed by atoms with Gasteiger partial charge in [-0.1, -0.05) is 35.3 Å². The molecular formula is C27H19Cl2NO7. The Hall–Kier alpha value is -4.14. The van der Waals surface area contributed by atoms with Crippen LogP contribution in [0, 0.1) is 0 Å². The van der Waals surface area contributed by atoms with Crippen LogP contribution in [0.2, 0.25) is 10.0 Å². The molecule has 188 valence electrons. The van der Waals surface area contributed by atoms with Gasteiger partial charge in [0.25, 0.3) is 5.91 Å². The zero-order valence-electron chi connectivity index (χ0n) is 19.5. The zero-order chi connectivity index (χ0) is 26.4. The fraction of sp³-hybridized carbons (Fsp3) is 0.111. The van der Waals surface area contributed by atoms with Crippen LogP contribution in [0.15, 0.2) is 76.4 Å². The smallest absolute Gasteiger partial charge is 0.294 e. The second kappa shape index (κ2) is 9.38. The molecule has 0 radical (unpaired) electrons. The number of carbonyl (C=O) groups is 2. The lowest BCUT2D eigenvalue weighted by molar-refractivity contribution is -0.117. The molecule has 4 aromatic rings. The molecule has 37 heavy (non-hydrogen) atoms. The second-order valence-electron chi connectivity index (χ2n) is 8.22. The van der Waals surface area contributed by atoms with Gasteiger partial charge in [-0.25, -0.2) is 0 Å². The van der Waals surface area contributed by atoms with E-state index in [0.29, 0.717) is 33.2 Å². The SMILES string of the molecule is COc1cccc(N2C(=O)C(O)=C(C(=O)c3cc4cc(Cl)cc(OC)c4o3)C2c2ccc(O)c(Cl)c2)c1. The summed E-state index contributed by atoms with van der Waals surface area (Å²) in [6.07, 6.45) is 0. The lowest BCUT2D eigenvalue weighted by Crippen LogP contribution is -2.31. The summed E-state index contributed by atoms with van der Waals surface area (Å²) >= 11 is 12.3. The number of aliphatic hydroxyl groups is 1. The number of hydrogen-bond donors (Lipinski definition) is 2. The number of ketones is 1. The maximum absolute atomic E-state index is 13.8. The topological polar surface area (TPSA) is 109 Å². The van der Waals surface area contributed by atoms with Gasteiger partial charge in [-0.05, 0) is 42.0 Å². The fourth-order valence-corrected chi connectivity index (χ4v) is 4.76. The number of Topliss-reactive ketones (excluding diaryl/α,β-unsaturated/α-hetero) is 1. The number of hydrogen-bond acceptors (Lipinski definition) is 7. The van der Waals surface area contributed by atoms with Crippen molar-refractivity contribution >= 4 is 51.5 Å². The van der Waals surface area contributed by atoms with E-state index in [1.165, 1.54) is 43.4 Å². The predicted molar refractivity (Wildman–Crippen MR) is 138 cm³/mol. The van der Waals surface area contributed by atoms with Crippen LogP contribution >= 0.6 is 23.2 Å². The highest BCUT2D eigenvalue weighted by atomic mass is 35.5. The summed E-state index contributed by atoms with van der Waals surface area (Å²) in [5, 5.41) is 21.8. The van der Waals surface area contributed by atoms with Gasteiger partial charge in [0.15, 0.2) is 22.9 Å². The first-order chi connectivity index (χ1) is 17.7. The Bertz CT molecular complexity index is 1610. The third kappa shape index (κ3) is 4.14. The Morgan fingerprint density at radius 2 is 1.78 bits per heavy atom. The van der Waals surface area contributed by atoms with Crippen LogP contribution in [0.4, 0.5) is 5.69 Å². The molecule has 8 nitrogen and oxygen atoms in total. The van der Waals surface area contributed by atoms with E-state index in [0.717, 1.165) is 0 Å². The first-order valence-electron chi connectivity index (χ1n) is 10.9. The fourth-order valence-electron chi connectivity index (χ4n) is 4.35. The molecule has 0 fully saturated rings. The van der Waals surface area contributed by atoms with Crippen molar-refractivity contribution in [3.8, 4) is 17.2 Å². The van der Waals surface area contributed by atoms with Crippen LogP contribution in [0.25, 0.3) is 11.0 Å². The van der Waals surface area contributed by atoms with Gasteiger partial charge in [0.1, 0.15) is 11.5 Å². The molecule has 1 atom stereocenters. The van der Waals surface area contributed by atoms with Crippen LogP contribution < -0.4 is 14.4 Å². The normalized spacial score (nSPS) is 15.5. The van der Waals surface area contributed by atoms with Crippen LogP contribution in [0.1, 0.15) is 22.2 Å². The molecule has 1 aliphatic rings. The van der Waals surface area contributed by atoms with E-state index in [1.54, 1.807) is 36.4 Å². The summed E-state index contributed by atoms with van der Waals surface area (Å²) in [6.45, 7) is 0. The van der Waals surface area contributed by atoms with E-state index in [1.807, 2.05) is 0 Å². The highest BCUT2D eigenvalue weighted by Gasteiger charge is 2.45. The minimum Gasteiger partial charge on any atom is -0.506 e. The molecule has 0 saturated carbocycles. The number of amides is 1. The number of phenolic OH excluding ortho intramolecular Hbond substituents is 1. The van der Waals surface area contributed by atoms with Crippen molar-refractivity contribution in [3.63, 3.8) is 0 Å². The maximum Gasteiger partial charge on any atom is 0.294 e. The minimum absolute atomic E-state index is 0.0110. The van der Waals surface area contributed by atoms with Crippen LogP contribution in [0.5, 0.6) is 17.2 Å². The molecule has 0 spiro atoms. The monoisotopic (exact) mass is 539 g/mol. The molecule has 10 heteroatoms. The number of furan rings is 1. The summed E-state index contributed by atoms with van der Waals surface area (Å²) in [6, 6.07) is 14.4. The molecule has 0 saturated heterocycles. The maximum atomic E-state index is 13.8. The van der Waals surface area contributed by atoms with Gasteiger partial charge < -0.3 is 24.1 Å². The Morgan fingerprint density at radius 1 is 1.00 bits per heavy atom. The number of carbonyl (C=O) groups excluding carboxylic acids is 2. The Balaban J connectivity index is 1.68. The lowest BCUT2D eigenvalue weighted by atomic mass is 9.94. The number of phenols is 1. The first kappa shape index (κ1) is 24.5. The quantitative estimate of drug-likeness (QED) is 0.279. The number of nitrogens with zero attached hydrogens (tertiary/aromatic N) is 1. The number of aromatic hydroxyl groups is 1. The molecule has 0 aliphatic carbocycles. The summed E-state index contributed by atoms with van der Waals surface area (Å²) in [5.41, 5.74) is 0.807. The van der Waals surface area contributed by atoms with Gasteiger partial charge in [-0.15, -0.1) is 0 Å². The van der Waals surface area contributed by atoms with E-state index < -0.39 is 23.5 Å². The number of ether oxygens (including phenoxy) is 2. The van der Waals surface area contributed by atoms with E-state index in [4.69, 9.17) is 37.1 Å². The van der Waals surface area contributed by atoms with Gasteiger partial charge >= 0.3 is 0 Å². The van der Waals surface area contributed by atoms with Crippen molar-refractivity contribution in [2.24, 2.45) is 0 Å². The molecule has 2 N–H and O–H groups in total. The number of anilines is 1. The first-order valence-corrected chi connectivity index (χ1v) is 11.7. The van der Waals surface area contributed by atoms with Crippen molar-refractivity contribution < 1.29 is 33.7 Å². The summed E-state index contributed by atoms with van der Waals surface area (Å²) < 4.78 is 16.4. The molecule has 5 rings (SSSR count). The molecule has 2 heterocycles. The predicted octanol–water partition coefficient (Wildman–Crippen LogP) is 6.25. The molecular weight excluding hydrogens is 521 g/mol. The molecule has 1 aromatic heterocycles. The van der Waals surface area contributed by atoms with Crippen LogP contribution in [0.3, 0.4) is 0 Å². The van der Waals surface area contributed by atoms with Gasteiger partial charge in [-0.3, -0.25) is 14.5 Å². The Labute approximate surface area is 220 Å². The standard InChI is InChI=1S/C27H19Cl2NO7/c1-35-17-5-3-4-16(12-17)30-23(13-6-7-19(31)18(29)9-13)22(25(33)27(30)34)24(32)20-10-14-8-15(28)11-21(36-2)26(14)37-20/h3-12,23,31,33H,1-2H3. The van der Waals surface area contributed by atoms with Crippen molar-refractivity contribution in [2.45, 2.75) is 6.04 Å². The number of fused-ring (bicyclic) bond motifs is 1. The number of methoxy groups -OCH3 is 2. The van der Waals surface area contributed by atoms with E-state index in [9.17, 15) is 19.8 Å². The number of aliphatic hydroxyl groups excluding tert-OH is 1. The average Bonchev–Trinajstić information content (AvgIpc) is 3.43. The molecule has 1 unspecified atom stereocenters.